The Labute approximate surface area is 145 Å². The lowest BCUT2D eigenvalue weighted by molar-refractivity contribution is -0.150. The van der Waals surface area contributed by atoms with E-state index in [9.17, 15) is 18.0 Å². The largest absolute Gasteiger partial charge is 0.397 e. The van der Waals surface area contributed by atoms with E-state index in [0.717, 1.165) is 0 Å². The predicted molar refractivity (Wildman–Crippen MR) is 88.2 cm³/mol. The second-order valence-electron chi connectivity index (χ2n) is 5.25. The Morgan fingerprint density at radius 3 is 2.50 bits per heavy atom. The van der Waals surface area contributed by atoms with Crippen LogP contribution in [-0.2, 0) is 4.79 Å². The maximum atomic E-state index is 12.2. The van der Waals surface area contributed by atoms with E-state index < -0.39 is 18.5 Å². The van der Waals surface area contributed by atoms with E-state index in [1.165, 1.54) is 18.5 Å². The van der Waals surface area contributed by atoms with E-state index >= 15 is 0 Å². The average Bonchev–Trinajstić information content (AvgIpc) is 3.10. The van der Waals surface area contributed by atoms with Gasteiger partial charge in [0.1, 0.15) is 18.6 Å². The molecule has 1 amide bonds. The van der Waals surface area contributed by atoms with Gasteiger partial charge >= 0.3 is 6.18 Å². The van der Waals surface area contributed by atoms with Gasteiger partial charge < -0.3 is 10.6 Å². The summed E-state index contributed by atoms with van der Waals surface area (Å²) < 4.78 is 38.1. The molecule has 2 N–H and O–H groups in total. The molecule has 0 fully saturated rings. The second-order valence-corrected chi connectivity index (χ2v) is 5.25. The first-order valence-electron chi connectivity index (χ1n) is 7.45. The molecule has 0 saturated carbocycles. The summed E-state index contributed by atoms with van der Waals surface area (Å²) in [5.41, 5.74) is 0.911. The number of hydrogen-bond acceptors (Lipinski definition) is 5. The van der Waals surface area contributed by atoms with Crippen molar-refractivity contribution in [1.29, 1.82) is 0 Å². The number of benzene rings is 1. The van der Waals surface area contributed by atoms with Crippen LogP contribution in [0.3, 0.4) is 0 Å². The van der Waals surface area contributed by atoms with Gasteiger partial charge in [0.05, 0.1) is 0 Å². The minimum atomic E-state index is -4.54. The van der Waals surface area contributed by atoms with Gasteiger partial charge in [0.25, 0.3) is 0 Å². The number of carbonyl (C=O) groups excluding carboxylic acids is 1. The van der Waals surface area contributed by atoms with Gasteiger partial charge in [-0.2, -0.15) is 18.3 Å². The van der Waals surface area contributed by atoms with Crippen LogP contribution < -0.4 is 10.6 Å². The normalized spacial score (nSPS) is 11.2. The summed E-state index contributed by atoms with van der Waals surface area (Å²) in [5.74, 6) is -0.0271. The maximum absolute atomic E-state index is 12.2. The zero-order valence-corrected chi connectivity index (χ0v) is 13.2. The minimum absolute atomic E-state index is 0.268. The molecule has 3 aromatic rings. The van der Waals surface area contributed by atoms with Crippen LogP contribution in [0.1, 0.15) is 6.42 Å². The lowest BCUT2D eigenvalue weighted by Gasteiger charge is -2.10. The Kier molecular flexibility index (Phi) is 4.83. The molecule has 0 aliphatic carbocycles. The molecule has 10 heteroatoms. The molecule has 0 unspecified atom stereocenters. The number of hydrogen-bond donors (Lipinski definition) is 2. The van der Waals surface area contributed by atoms with Crippen LogP contribution in [0.2, 0.25) is 0 Å². The molecular formula is C16H13F3N6O. The molecule has 1 aromatic carbocycles. The third-order valence-corrected chi connectivity index (χ3v) is 3.19. The molecule has 26 heavy (non-hydrogen) atoms. The van der Waals surface area contributed by atoms with Gasteiger partial charge in [0.15, 0.2) is 5.82 Å². The molecule has 3 rings (SSSR count). The molecule has 0 aliphatic rings. The Hall–Kier alpha value is -3.43. The van der Waals surface area contributed by atoms with Crippen molar-refractivity contribution in [2.45, 2.75) is 12.6 Å². The summed E-state index contributed by atoms with van der Waals surface area (Å²) in [4.78, 5) is 19.5. The molecular weight excluding hydrogens is 349 g/mol. The number of alkyl halides is 3. The van der Waals surface area contributed by atoms with Gasteiger partial charge in [-0.15, -0.1) is 0 Å². The summed E-state index contributed by atoms with van der Waals surface area (Å²) in [7, 11) is 0. The molecule has 2 heterocycles. The smallest absolute Gasteiger partial charge is 0.340 e. The van der Waals surface area contributed by atoms with E-state index in [-0.39, 0.29) is 5.69 Å². The third kappa shape index (κ3) is 4.79. The summed E-state index contributed by atoms with van der Waals surface area (Å²) in [6.07, 6.45) is -1.31. The van der Waals surface area contributed by atoms with Crippen molar-refractivity contribution >= 4 is 23.1 Å². The highest BCUT2D eigenvalue weighted by molar-refractivity contribution is 5.91. The maximum Gasteiger partial charge on any atom is 0.397 e. The Balaban J connectivity index is 1.65. The van der Waals surface area contributed by atoms with E-state index in [1.807, 2.05) is 0 Å². The number of anilines is 3. The molecule has 0 bridgehead atoms. The van der Waals surface area contributed by atoms with Gasteiger partial charge in [-0.1, -0.05) is 0 Å². The van der Waals surface area contributed by atoms with Gasteiger partial charge in [-0.05, 0) is 30.3 Å². The van der Waals surface area contributed by atoms with Gasteiger partial charge in [0.2, 0.25) is 5.91 Å². The van der Waals surface area contributed by atoms with E-state index in [0.29, 0.717) is 17.3 Å². The zero-order valence-electron chi connectivity index (χ0n) is 13.2. The van der Waals surface area contributed by atoms with E-state index in [2.05, 4.69) is 25.7 Å². The van der Waals surface area contributed by atoms with E-state index in [4.69, 9.17) is 0 Å². The number of nitrogens with one attached hydrogen (secondary N) is 2. The number of carbonyl (C=O) groups is 1. The lowest BCUT2D eigenvalue weighted by Crippen LogP contribution is -2.21. The molecule has 0 radical (unpaired) electrons. The number of rotatable bonds is 5. The van der Waals surface area contributed by atoms with Crippen LogP contribution in [0.25, 0.3) is 5.82 Å². The molecule has 2 aromatic heterocycles. The average molecular weight is 362 g/mol. The second kappa shape index (κ2) is 7.21. The Morgan fingerprint density at radius 2 is 1.85 bits per heavy atom. The SMILES string of the molecule is O=C(CC(F)(F)F)Nc1ccc(Nc2cc(-n3cccn3)ncn2)cc1. The number of halogens is 3. The van der Waals surface area contributed by atoms with Crippen molar-refractivity contribution < 1.29 is 18.0 Å². The zero-order chi connectivity index (χ0) is 18.6. The van der Waals surface area contributed by atoms with E-state index in [1.54, 1.807) is 41.3 Å². The van der Waals surface area contributed by atoms with Gasteiger partial charge in [-0.3, -0.25) is 4.79 Å². The summed E-state index contributed by atoms with van der Waals surface area (Å²) in [6, 6.07) is 9.66. The molecule has 0 aliphatic heterocycles. The first-order valence-corrected chi connectivity index (χ1v) is 7.45. The first kappa shape index (κ1) is 17.4. The Morgan fingerprint density at radius 1 is 1.12 bits per heavy atom. The fourth-order valence-corrected chi connectivity index (χ4v) is 2.12. The van der Waals surface area contributed by atoms with Crippen LogP contribution in [0.4, 0.5) is 30.4 Å². The summed E-state index contributed by atoms with van der Waals surface area (Å²) in [5, 5.41) is 9.31. The highest BCUT2D eigenvalue weighted by Crippen LogP contribution is 2.22. The molecule has 0 spiro atoms. The fourth-order valence-electron chi connectivity index (χ4n) is 2.12. The third-order valence-electron chi connectivity index (χ3n) is 3.19. The van der Waals surface area contributed by atoms with Crippen molar-refractivity contribution in [2.24, 2.45) is 0 Å². The van der Waals surface area contributed by atoms with Crippen LogP contribution in [0.5, 0.6) is 0 Å². The van der Waals surface area contributed by atoms with Crippen molar-refractivity contribution in [3.8, 4) is 5.82 Å². The van der Waals surface area contributed by atoms with Crippen LogP contribution >= 0.6 is 0 Å². The molecule has 7 nitrogen and oxygen atoms in total. The van der Waals surface area contributed by atoms with Crippen LogP contribution in [-0.4, -0.2) is 31.8 Å². The van der Waals surface area contributed by atoms with Crippen molar-refractivity contribution in [3.63, 3.8) is 0 Å². The van der Waals surface area contributed by atoms with Crippen molar-refractivity contribution in [1.82, 2.24) is 19.7 Å². The van der Waals surface area contributed by atoms with Crippen molar-refractivity contribution in [3.05, 3.63) is 55.1 Å². The highest BCUT2D eigenvalue weighted by atomic mass is 19.4. The summed E-state index contributed by atoms with van der Waals surface area (Å²) in [6.45, 7) is 0. The number of amides is 1. The van der Waals surface area contributed by atoms with Gasteiger partial charge in [0, 0.05) is 29.8 Å². The Bertz CT molecular complexity index is 878. The monoisotopic (exact) mass is 362 g/mol. The van der Waals surface area contributed by atoms with Crippen molar-refractivity contribution in [2.75, 3.05) is 10.6 Å². The first-order chi connectivity index (χ1) is 12.4. The standard InChI is InChI=1S/C16H13F3N6O/c17-16(18,19)9-15(26)24-12-4-2-11(3-5-12)23-13-8-14(21-10-20-13)25-7-1-6-22-25/h1-8,10H,9H2,(H,24,26)(H,20,21,23). The summed E-state index contributed by atoms with van der Waals surface area (Å²) >= 11 is 0. The predicted octanol–water partition coefficient (Wildman–Crippen LogP) is 3.30. The number of aromatic nitrogens is 4. The number of nitrogens with zero attached hydrogens (tertiary/aromatic N) is 4. The highest BCUT2D eigenvalue weighted by Gasteiger charge is 2.31. The quantitative estimate of drug-likeness (QED) is 0.728. The van der Waals surface area contributed by atoms with Crippen LogP contribution in [0.15, 0.2) is 55.1 Å². The molecule has 0 saturated heterocycles. The minimum Gasteiger partial charge on any atom is -0.340 e. The van der Waals surface area contributed by atoms with Crippen LogP contribution in [0, 0.1) is 0 Å². The fraction of sp³-hybridized carbons (Fsp3) is 0.125. The molecule has 0 atom stereocenters. The van der Waals surface area contributed by atoms with Gasteiger partial charge in [-0.25, -0.2) is 14.6 Å². The topological polar surface area (TPSA) is 84.7 Å². The lowest BCUT2D eigenvalue weighted by atomic mass is 10.2. The molecule has 134 valence electrons.